The molecule has 1 aliphatic carbocycles. The second-order valence-electron chi connectivity index (χ2n) is 14.4. The SMILES string of the molecule is CCCCCCCCCCCCCCCC(=O)c1c(O)cc(O)c2c1OC1=C(C(=O)C(C)(C)C(=O)C1(C)C)C2CC(C)C. The molecule has 2 N–H and O–H groups in total. The standard InChI is InChI=1S/C37H56O6/c1-8-9-10-11-12-13-14-15-16-17-18-19-20-21-26(38)31-28(40)23-27(39)29-25(22-24(2)3)30-33(41)36(4,5)35(42)37(6,7)34(30)43-32(29)31/h23-25,39-40H,8-22H2,1-7H3. The topological polar surface area (TPSA) is 101 Å². The van der Waals surface area contributed by atoms with Crippen LogP contribution in [0.15, 0.2) is 17.4 Å². The first-order valence-electron chi connectivity index (χ1n) is 16.9. The first-order valence-corrected chi connectivity index (χ1v) is 16.9. The second kappa shape index (κ2) is 14.9. The molecule has 43 heavy (non-hydrogen) atoms. The lowest BCUT2D eigenvalue weighted by atomic mass is 9.59. The number of aromatic hydroxyl groups is 2. The maximum atomic E-state index is 13.8. The molecule has 1 aromatic carbocycles. The number of rotatable bonds is 17. The van der Waals surface area contributed by atoms with E-state index in [1.165, 1.54) is 63.9 Å². The van der Waals surface area contributed by atoms with Crippen LogP contribution in [0, 0.1) is 16.7 Å². The van der Waals surface area contributed by atoms with Crippen molar-refractivity contribution in [2.24, 2.45) is 16.7 Å². The molecule has 1 heterocycles. The van der Waals surface area contributed by atoms with Crippen LogP contribution in [0.1, 0.15) is 167 Å². The number of ketones is 3. The molecule has 0 saturated carbocycles. The van der Waals surface area contributed by atoms with Gasteiger partial charge >= 0.3 is 0 Å². The van der Waals surface area contributed by atoms with E-state index in [0.29, 0.717) is 24.0 Å². The van der Waals surface area contributed by atoms with E-state index in [2.05, 4.69) is 6.92 Å². The summed E-state index contributed by atoms with van der Waals surface area (Å²) in [6, 6.07) is 1.20. The summed E-state index contributed by atoms with van der Waals surface area (Å²) in [4.78, 5) is 40.8. The van der Waals surface area contributed by atoms with Crippen molar-refractivity contribution in [3.63, 3.8) is 0 Å². The predicted octanol–water partition coefficient (Wildman–Crippen LogP) is 9.74. The number of ether oxygens (including phenoxy) is 1. The third kappa shape index (κ3) is 7.72. The zero-order valence-electron chi connectivity index (χ0n) is 27.9. The van der Waals surface area contributed by atoms with Crippen LogP contribution < -0.4 is 4.74 Å². The lowest BCUT2D eigenvalue weighted by molar-refractivity contribution is -0.144. The highest BCUT2D eigenvalue weighted by Crippen LogP contribution is 2.57. The Hall–Kier alpha value is -2.63. The van der Waals surface area contributed by atoms with E-state index in [1.807, 2.05) is 13.8 Å². The minimum Gasteiger partial charge on any atom is -0.507 e. The lowest BCUT2D eigenvalue weighted by Crippen LogP contribution is -2.51. The summed E-state index contributed by atoms with van der Waals surface area (Å²) < 4.78 is 6.33. The van der Waals surface area contributed by atoms with Crippen molar-refractivity contribution in [3.05, 3.63) is 28.5 Å². The van der Waals surface area contributed by atoms with Crippen LogP contribution in [0.5, 0.6) is 17.2 Å². The largest absolute Gasteiger partial charge is 0.507 e. The van der Waals surface area contributed by atoms with Gasteiger partial charge in [0.25, 0.3) is 0 Å². The summed E-state index contributed by atoms with van der Waals surface area (Å²) >= 11 is 0. The number of Topliss-reactive ketones (excluding diaryl/α,β-unsaturated/α-hetero) is 3. The zero-order chi connectivity index (χ0) is 31.9. The number of hydrogen-bond donors (Lipinski definition) is 2. The van der Waals surface area contributed by atoms with Gasteiger partial charge in [0, 0.05) is 29.5 Å². The number of phenols is 2. The number of phenolic OH excluding ortho intramolecular Hbond substituents is 2. The molecule has 0 fully saturated rings. The molecule has 1 unspecified atom stereocenters. The average Bonchev–Trinajstić information content (AvgIpc) is 2.93. The number of benzene rings is 1. The van der Waals surface area contributed by atoms with E-state index in [1.54, 1.807) is 27.7 Å². The quantitative estimate of drug-likeness (QED) is 0.105. The van der Waals surface area contributed by atoms with Crippen LogP contribution in [0.2, 0.25) is 0 Å². The van der Waals surface area contributed by atoms with Crippen LogP contribution in [0.3, 0.4) is 0 Å². The molecule has 0 aromatic heterocycles. The van der Waals surface area contributed by atoms with E-state index >= 15 is 0 Å². The highest BCUT2D eigenvalue weighted by atomic mass is 16.5. The van der Waals surface area contributed by atoms with Gasteiger partial charge in [-0.25, -0.2) is 0 Å². The number of carbonyl (C=O) groups is 3. The summed E-state index contributed by atoms with van der Waals surface area (Å²) in [5, 5.41) is 22.0. The highest BCUT2D eigenvalue weighted by molar-refractivity contribution is 6.20. The minimum absolute atomic E-state index is 0.0348. The molecule has 0 saturated heterocycles. The van der Waals surface area contributed by atoms with Crippen molar-refractivity contribution in [3.8, 4) is 17.2 Å². The summed E-state index contributed by atoms with van der Waals surface area (Å²) in [6.45, 7) is 13.1. The monoisotopic (exact) mass is 596 g/mol. The average molecular weight is 597 g/mol. The molecule has 6 nitrogen and oxygen atoms in total. The number of carbonyl (C=O) groups excluding carboxylic acids is 3. The molecule has 0 spiro atoms. The van der Waals surface area contributed by atoms with Gasteiger partial charge in [-0.15, -0.1) is 0 Å². The van der Waals surface area contributed by atoms with Crippen molar-refractivity contribution in [2.75, 3.05) is 0 Å². The first kappa shape index (κ1) is 34.9. The predicted molar refractivity (Wildman–Crippen MR) is 172 cm³/mol. The van der Waals surface area contributed by atoms with Gasteiger partial charge in [0.05, 0.1) is 10.8 Å². The van der Waals surface area contributed by atoms with Gasteiger partial charge in [-0.1, -0.05) is 97.8 Å². The molecule has 0 amide bonds. The maximum Gasteiger partial charge on any atom is 0.175 e. The summed E-state index contributed by atoms with van der Waals surface area (Å²) in [6.07, 6.45) is 16.5. The molecular formula is C37H56O6. The summed E-state index contributed by atoms with van der Waals surface area (Å²) in [5.74, 6) is -1.43. The van der Waals surface area contributed by atoms with Crippen LogP contribution in [-0.4, -0.2) is 27.6 Å². The maximum absolute atomic E-state index is 13.8. The summed E-state index contributed by atoms with van der Waals surface area (Å²) in [5.41, 5.74) is -1.57. The molecule has 1 atom stereocenters. The fourth-order valence-corrected chi connectivity index (χ4v) is 7.00. The third-order valence-electron chi connectivity index (χ3n) is 9.43. The molecule has 6 heteroatoms. The van der Waals surface area contributed by atoms with Crippen molar-refractivity contribution >= 4 is 17.3 Å². The van der Waals surface area contributed by atoms with Gasteiger partial charge in [0.1, 0.15) is 28.6 Å². The highest BCUT2D eigenvalue weighted by Gasteiger charge is 2.57. The number of unbranched alkanes of at least 4 members (excludes halogenated alkanes) is 12. The molecule has 0 radical (unpaired) electrons. The van der Waals surface area contributed by atoms with Crippen LogP contribution in [0.25, 0.3) is 0 Å². The van der Waals surface area contributed by atoms with Gasteiger partial charge in [-0.3, -0.25) is 14.4 Å². The van der Waals surface area contributed by atoms with Crippen LogP contribution in [0.4, 0.5) is 0 Å². The van der Waals surface area contributed by atoms with Gasteiger partial charge < -0.3 is 14.9 Å². The fraction of sp³-hybridized carbons (Fsp3) is 0.703. The molecule has 2 aliphatic rings. The fourth-order valence-electron chi connectivity index (χ4n) is 7.00. The van der Waals surface area contributed by atoms with E-state index in [9.17, 15) is 24.6 Å². The molecule has 1 aromatic rings. The molecule has 1 aliphatic heterocycles. The van der Waals surface area contributed by atoms with E-state index < -0.39 is 16.7 Å². The Morgan fingerprint density at radius 3 is 1.84 bits per heavy atom. The minimum atomic E-state index is -1.24. The van der Waals surface area contributed by atoms with Gasteiger partial charge in [-0.2, -0.15) is 0 Å². The number of hydrogen-bond acceptors (Lipinski definition) is 6. The van der Waals surface area contributed by atoms with Gasteiger partial charge in [-0.05, 0) is 46.5 Å². The second-order valence-corrected chi connectivity index (χ2v) is 14.4. The normalized spacial score (nSPS) is 18.9. The Bertz CT molecular complexity index is 1200. The molecular weight excluding hydrogens is 540 g/mol. The van der Waals surface area contributed by atoms with Crippen LogP contribution in [-0.2, 0) is 9.59 Å². The van der Waals surface area contributed by atoms with Crippen molar-refractivity contribution in [1.82, 2.24) is 0 Å². The Morgan fingerprint density at radius 2 is 1.33 bits per heavy atom. The Labute approximate surface area is 259 Å². The smallest absolute Gasteiger partial charge is 0.175 e. The van der Waals surface area contributed by atoms with Gasteiger partial charge in [0.15, 0.2) is 17.3 Å². The lowest BCUT2D eigenvalue weighted by Gasteiger charge is -2.45. The Kier molecular flexibility index (Phi) is 12.1. The Morgan fingerprint density at radius 1 is 0.814 bits per heavy atom. The first-order chi connectivity index (χ1) is 20.3. The number of fused-ring (bicyclic) bond motifs is 1. The Balaban J connectivity index is 1.71. The molecule has 3 rings (SSSR count). The van der Waals surface area contributed by atoms with Crippen molar-refractivity contribution in [2.45, 2.75) is 151 Å². The third-order valence-corrected chi connectivity index (χ3v) is 9.43. The van der Waals surface area contributed by atoms with E-state index in [0.717, 1.165) is 19.3 Å². The van der Waals surface area contributed by atoms with Crippen molar-refractivity contribution in [1.29, 1.82) is 0 Å². The molecule has 240 valence electrons. The van der Waals surface area contributed by atoms with E-state index in [-0.39, 0.29) is 58.3 Å². The zero-order valence-corrected chi connectivity index (χ0v) is 27.9. The van der Waals surface area contributed by atoms with E-state index in [4.69, 9.17) is 4.74 Å². The van der Waals surface area contributed by atoms with Gasteiger partial charge in [0.2, 0.25) is 0 Å². The summed E-state index contributed by atoms with van der Waals surface area (Å²) in [7, 11) is 0. The number of allylic oxidation sites excluding steroid dienone is 2. The van der Waals surface area contributed by atoms with Crippen molar-refractivity contribution < 1.29 is 29.3 Å². The van der Waals surface area contributed by atoms with Crippen LogP contribution >= 0.6 is 0 Å². The molecule has 0 bridgehead atoms.